The van der Waals surface area contributed by atoms with Gasteiger partial charge in [-0.1, -0.05) is 61.9 Å². The molecule has 5 aromatic carbocycles. The lowest BCUT2D eigenvalue weighted by Gasteiger charge is -2.57. The molecule has 14 heteroatoms. The molecule has 1 aliphatic heterocycles. The van der Waals surface area contributed by atoms with E-state index in [1.54, 1.807) is 36.4 Å². The van der Waals surface area contributed by atoms with E-state index in [9.17, 15) is 24.0 Å². The van der Waals surface area contributed by atoms with Gasteiger partial charge in [0.2, 0.25) is 12.5 Å². The van der Waals surface area contributed by atoms with Crippen molar-refractivity contribution in [2.75, 3.05) is 28.1 Å². The van der Waals surface area contributed by atoms with Crippen LogP contribution in [-0.4, -0.2) is 58.3 Å². The summed E-state index contributed by atoms with van der Waals surface area (Å²) in [4.78, 5) is 65.4. The average Bonchev–Trinajstić information content (AvgIpc) is 3.86. The highest BCUT2D eigenvalue weighted by Crippen LogP contribution is 2.62. The van der Waals surface area contributed by atoms with Gasteiger partial charge in [-0.05, 0) is 145 Å². The van der Waals surface area contributed by atoms with Crippen molar-refractivity contribution < 1.29 is 66.6 Å². The maximum absolute atomic E-state index is 14.4. The van der Waals surface area contributed by atoms with Crippen molar-refractivity contribution >= 4 is 47.0 Å². The van der Waals surface area contributed by atoms with Gasteiger partial charge in [0.25, 0.3) is 0 Å². The monoisotopic (exact) mass is 1010 g/mol. The molecule has 6 atom stereocenters. The Morgan fingerprint density at radius 1 is 0.730 bits per heavy atom. The molecule has 1 unspecified atom stereocenters. The topological polar surface area (TPSA) is 168 Å². The van der Waals surface area contributed by atoms with E-state index in [-0.39, 0.29) is 48.8 Å². The molecular weight excluding hydrogens is 945 g/mol. The zero-order valence-corrected chi connectivity index (χ0v) is 43.0. The summed E-state index contributed by atoms with van der Waals surface area (Å²) in [7, 11) is 4.53. The Balaban J connectivity index is 0.867. The maximum atomic E-state index is 14.4. The number of methoxy groups -OCH3 is 3. The first-order chi connectivity index (χ1) is 35.6. The van der Waals surface area contributed by atoms with E-state index in [0.29, 0.717) is 74.0 Å². The van der Waals surface area contributed by atoms with Crippen molar-refractivity contribution in [3.05, 3.63) is 130 Å². The predicted molar refractivity (Wildman–Crippen MR) is 274 cm³/mol. The Morgan fingerprint density at radius 2 is 1.35 bits per heavy atom. The minimum Gasteiger partial charge on any atom is -0.493 e. The van der Waals surface area contributed by atoms with Crippen molar-refractivity contribution in [2.45, 2.75) is 91.8 Å². The number of ether oxygens (including phenoxy) is 9. The van der Waals surface area contributed by atoms with Crippen LogP contribution in [0.3, 0.4) is 0 Å². The summed E-state index contributed by atoms with van der Waals surface area (Å²) in [5.41, 5.74) is 5.12. The summed E-state index contributed by atoms with van der Waals surface area (Å²) in [6, 6.07) is 23.8. The second-order valence-corrected chi connectivity index (χ2v) is 20.3. The molecule has 4 aliphatic rings. The number of carbonyl (C=O) groups excluding carboxylic acids is 5. The average molecular weight is 1010 g/mol. The lowest BCUT2D eigenvalue weighted by molar-refractivity contribution is -0.172. The van der Waals surface area contributed by atoms with Crippen LogP contribution in [0.2, 0.25) is 0 Å². The lowest BCUT2D eigenvalue weighted by atomic mass is 9.46. The van der Waals surface area contributed by atoms with Crippen LogP contribution < -0.4 is 33.2 Å². The van der Waals surface area contributed by atoms with E-state index in [1.807, 2.05) is 48.5 Å². The van der Waals surface area contributed by atoms with E-state index < -0.39 is 35.2 Å². The number of aryl methyl sites for hydroxylation is 1. The highest BCUT2D eigenvalue weighted by atomic mass is 16.7. The smallest absolute Gasteiger partial charge is 0.314 e. The first-order valence-corrected chi connectivity index (χ1v) is 25.0. The standard InChI is InChI=1S/C60H62O14/c1-34-10-21-53-59(4,46(34)18-16-37-15-17-43-45(24-37)48(74-36(3)63)20-19-47(43)73-35(2)62)22-9-23-60(53,5)58(65)70-32-39-13-11-38(12-14-39)31-69-57(64)55-42(30-61)25-40-26-49-50(72-33-71-49)29-44(40)54(55)41-27-51(66-6)56(68-8)52(28-41)67-7/h11-15,17,19-20,24-30,46,53-55H,1,9-10,16,18,21-23,31-33H2,2-8H3/t46-,53?,54+,55+,59+,60-/m0/s1. The van der Waals surface area contributed by atoms with Gasteiger partial charge in [0.15, 0.2) is 23.0 Å². The number of hydrogen-bond donors (Lipinski definition) is 0. The Bertz CT molecular complexity index is 3050. The number of esters is 4. The van der Waals surface area contributed by atoms with Crippen LogP contribution >= 0.6 is 0 Å². The fourth-order valence-electron chi connectivity index (χ4n) is 12.4. The summed E-state index contributed by atoms with van der Waals surface area (Å²) in [5, 5.41) is 1.35. The van der Waals surface area contributed by atoms with Gasteiger partial charge in [-0.2, -0.15) is 0 Å². The Hall–Kier alpha value is -7.61. The predicted octanol–water partition coefficient (Wildman–Crippen LogP) is 11.0. The van der Waals surface area contributed by atoms with Crippen LogP contribution in [0.1, 0.15) is 106 Å². The first kappa shape index (κ1) is 51.3. The molecule has 0 N–H and O–H groups in total. The maximum Gasteiger partial charge on any atom is 0.314 e. The van der Waals surface area contributed by atoms with Crippen molar-refractivity contribution in [3.8, 4) is 40.2 Å². The molecule has 74 heavy (non-hydrogen) atoms. The van der Waals surface area contributed by atoms with Gasteiger partial charge in [-0.25, -0.2) is 0 Å². The van der Waals surface area contributed by atoms with Gasteiger partial charge in [0.1, 0.15) is 31.0 Å². The zero-order valence-electron chi connectivity index (χ0n) is 43.0. The second kappa shape index (κ2) is 21.1. The number of aldehydes is 1. The number of carbonyl (C=O) groups is 5. The SMILES string of the molecule is C=C1CCC2[C@](C)(CCC[C@]2(C)C(=O)OCc2ccc(COC(=O)[C@@H]3C(C=O)=Cc4cc5c(cc4[C@H]3c3cc(OC)c(OC)c(OC)c3)OCO5)cc2)[C@H]1CCc1ccc2c(OC(C)=O)ccc(OC(C)=O)c2c1. The van der Waals surface area contributed by atoms with Crippen LogP contribution in [0.15, 0.2) is 96.6 Å². The molecule has 0 amide bonds. The molecule has 14 nitrogen and oxygen atoms in total. The van der Waals surface area contributed by atoms with Crippen molar-refractivity contribution in [1.82, 2.24) is 0 Å². The van der Waals surface area contributed by atoms with Gasteiger partial charge in [-0.3, -0.25) is 24.0 Å². The van der Waals surface area contributed by atoms with Gasteiger partial charge in [-0.15, -0.1) is 0 Å². The van der Waals surface area contributed by atoms with E-state index in [4.69, 9.17) is 42.6 Å². The molecule has 386 valence electrons. The molecule has 3 aliphatic carbocycles. The van der Waals surface area contributed by atoms with Crippen molar-refractivity contribution in [2.24, 2.45) is 28.6 Å². The number of allylic oxidation sites excluding steroid dienone is 1. The molecular formula is C60H62O14. The normalized spacial score (nSPS) is 22.6. The number of fused-ring (bicyclic) bond motifs is 4. The van der Waals surface area contributed by atoms with Gasteiger partial charge >= 0.3 is 23.9 Å². The molecule has 1 heterocycles. The fraction of sp³-hybridized carbons (Fsp3) is 0.383. The minimum absolute atomic E-state index is 0.0470. The van der Waals surface area contributed by atoms with Gasteiger partial charge < -0.3 is 42.6 Å². The number of rotatable bonds is 16. The summed E-state index contributed by atoms with van der Waals surface area (Å²) in [6.07, 6.45) is 8.14. The Labute approximate surface area is 430 Å². The highest BCUT2D eigenvalue weighted by Gasteiger charge is 2.58. The second-order valence-electron chi connectivity index (χ2n) is 20.3. The Morgan fingerprint density at radius 3 is 1.97 bits per heavy atom. The third-order valence-corrected chi connectivity index (χ3v) is 15.9. The largest absolute Gasteiger partial charge is 0.493 e. The van der Waals surface area contributed by atoms with E-state index >= 15 is 0 Å². The molecule has 0 saturated heterocycles. The molecule has 0 bridgehead atoms. The van der Waals surface area contributed by atoms with Crippen molar-refractivity contribution in [3.63, 3.8) is 0 Å². The number of benzene rings is 5. The molecule has 2 saturated carbocycles. The van der Waals surface area contributed by atoms with Crippen LogP contribution in [0.5, 0.6) is 40.2 Å². The van der Waals surface area contributed by atoms with E-state index in [0.717, 1.165) is 61.6 Å². The van der Waals surface area contributed by atoms with Crippen LogP contribution in [0, 0.1) is 28.6 Å². The van der Waals surface area contributed by atoms with Crippen molar-refractivity contribution in [1.29, 1.82) is 0 Å². The number of hydrogen-bond acceptors (Lipinski definition) is 14. The summed E-state index contributed by atoms with van der Waals surface area (Å²) < 4.78 is 51.6. The molecule has 0 aromatic heterocycles. The minimum atomic E-state index is -1.04. The third-order valence-electron chi connectivity index (χ3n) is 15.9. The fourth-order valence-corrected chi connectivity index (χ4v) is 12.4. The molecule has 2 fully saturated rings. The van der Waals surface area contributed by atoms with E-state index in [2.05, 4.69) is 20.4 Å². The highest BCUT2D eigenvalue weighted by molar-refractivity contribution is 5.97. The quantitative estimate of drug-likeness (QED) is 0.0396. The molecule has 5 aromatic rings. The first-order valence-electron chi connectivity index (χ1n) is 25.0. The summed E-state index contributed by atoms with van der Waals surface area (Å²) >= 11 is 0. The molecule has 0 spiro atoms. The van der Waals surface area contributed by atoms with Gasteiger partial charge in [0.05, 0.1) is 32.7 Å². The third kappa shape index (κ3) is 9.81. The molecule has 0 radical (unpaired) electrons. The van der Waals surface area contributed by atoms with Crippen LogP contribution in [0.4, 0.5) is 0 Å². The van der Waals surface area contributed by atoms with Gasteiger partial charge in [0, 0.05) is 36.1 Å². The van der Waals surface area contributed by atoms with E-state index in [1.165, 1.54) is 40.7 Å². The van der Waals surface area contributed by atoms with Crippen LogP contribution in [0.25, 0.3) is 16.8 Å². The summed E-state index contributed by atoms with van der Waals surface area (Å²) in [5.74, 6) is -0.237. The lowest BCUT2D eigenvalue weighted by Crippen LogP contribution is -2.53. The molecule has 9 rings (SSSR count). The Kier molecular flexibility index (Phi) is 14.6. The van der Waals surface area contributed by atoms with Crippen LogP contribution in [-0.2, 0) is 53.1 Å². The zero-order chi connectivity index (χ0) is 52.5. The summed E-state index contributed by atoms with van der Waals surface area (Å²) in [6.45, 7) is 11.7.